The standard InChI is InChI=1S/C28H31NO11/c1-11-23(32)15(29)6-18(39-11)40-17-9-28(37,7-12(31)10-30)8-14-20(17)27(36)22-21(25(14)34)24(33)13-4-3-5-16(38-2)19(13)26(22)35/h3-5,11,15,17-18,23,30,32,34,36-37H,6-10,29H2,1-2H3. The maximum absolute atomic E-state index is 13.7. The minimum absolute atomic E-state index is 0.0297. The first kappa shape index (κ1) is 28.1. The van der Waals surface area contributed by atoms with E-state index in [1.165, 1.54) is 25.3 Å². The van der Waals surface area contributed by atoms with Crippen molar-refractivity contribution in [2.24, 2.45) is 5.73 Å². The molecule has 40 heavy (non-hydrogen) atoms. The highest BCUT2D eigenvalue weighted by molar-refractivity contribution is 6.31. The highest BCUT2D eigenvalue weighted by atomic mass is 16.7. The van der Waals surface area contributed by atoms with Gasteiger partial charge in [-0.25, -0.2) is 0 Å². The molecule has 6 atom stereocenters. The molecule has 1 fully saturated rings. The molecule has 6 unspecified atom stereocenters. The van der Waals surface area contributed by atoms with E-state index in [4.69, 9.17) is 19.9 Å². The van der Waals surface area contributed by atoms with E-state index in [0.29, 0.717) is 0 Å². The number of carbonyl (C=O) groups excluding carboxylic acids is 3. The topological polar surface area (TPSA) is 206 Å². The monoisotopic (exact) mass is 557 g/mol. The molecule has 214 valence electrons. The second kappa shape index (κ2) is 10.2. The zero-order chi connectivity index (χ0) is 29.1. The Hall–Kier alpha value is -3.39. The summed E-state index contributed by atoms with van der Waals surface area (Å²) < 4.78 is 17.1. The van der Waals surface area contributed by atoms with E-state index in [2.05, 4.69) is 0 Å². The number of hydrogen-bond acceptors (Lipinski definition) is 12. The highest BCUT2D eigenvalue weighted by Crippen LogP contribution is 2.53. The van der Waals surface area contributed by atoms with Crippen LogP contribution in [-0.4, -0.2) is 86.7 Å². The number of ketones is 3. The molecule has 7 N–H and O–H groups in total. The summed E-state index contributed by atoms with van der Waals surface area (Å²) in [4.78, 5) is 39.4. The largest absolute Gasteiger partial charge is 0.507 e. The van der Waals surface area contributed by atoms with Crippen molar-refractivity contribution in [3.8, 4) is 17.2 Å². The van der Waals surface area contributed by atoms with E-state index < -0.39 is 89.2 Å². The number of benzene rings is 2. The number of methoxy groups -OCH3 is 1. The zero-order valence-electron chi connectivity index (χ0n) is 21.9. The van der Waals surface area contributed by atoms with Gasteiger partial charge in [0.1, 0.15) is 23.9 Å². The summed E-state index contributed by atoms with van der Waals surface area (Å²) >= 11 is 0. The molecule has 0 amide bonds. The van der Waals surface area contributed by atoms with Gasteiger partial charge in [-0.3, -0.25) is 14.4 Å². The van der Waals surface area contributed by atoms with Gasteiger partial charge in [-0.05, 0) is 13.0 Å². The summed E-state index contributed by atoms with van der Waals surface area (Å²) in [6, 6.07) is 3.70. The van der Waals surface area contributed by atoms with Crippen LogP contribution in [0.15, 0.2) is 18.2 Å². The molecule has 1 heterocycles. The van der Waals surface area contributed by atoms with Crippen molar-refractivity contribution in [3.63, 3.8) is 0 Å². The number of aliphatic hydroxyl groups excluding tert-OH is 2. The van der Waals surface area contributed by atoms with E-state index in [-0.39, 0.29) is 47.3 Å². The first-order valence-electron chi connectivity index (χ1n) is 12.9. The number of fused-ring (bicyclic) bond motifs is 3. The van der Waals surface area contributed by atoms with Crippen LogP contribution >= 0.6 is 0 Å². The van der Waals surface area contributed by atoms with Crippen LogP contribution < -0.4 is 10.5 Å². The molecule has 12 nitrogen and oxygen atoms in total. The van der Waals surface area contributed by atoms with Crippen LogP contribution in [0.5, 0.6) is 17.2 Å². The second-order valence-corrected chi connectivity index (χ2v) is 10.6. The second-order valence-electron chi connectivity index (χ2n) is 10.6. The summed E-state index contributed by atoms with van der Waals surface area (Å²) in [6.07, 6.45) is -5.05. The molecule has 0 spiro atoms. The quantitative estimate of drug-likeness (QED) is 0.228. The van der Waals surface area contributed by atoms with Gasteiger partial charge in [0.25, 0.3) is 0 Å². The Morgan fingerprint density at radius 2 is 1.85 bits per heavy atom. The summed E-state index contributed by atoms with van der Waals surface area (Å²) in [5.41, 5.74) is 3.08. The summed E-state index contributed by atoms with van der Waals surface area (Å²) in [6.45, 7) is 0.767. The van der Waals surface area contributed by atoms with Crippen molar-refractivity contribution in [2.45, 2.75) is 68.9 Å². The third-order valence-corrected chi connectivity index (χ3v) is 7.92. The number of carbonyl (C=O) groups is 3. The SMILES string of the molecule is COc1cccc2c1C(=O)c1c(O)c3c(c(O)c1C2=O)CC(O)(CC(=O)CO)CC3OC1CC(N)C(O)C(C)O1. The molecule has 2 aromatic carbocycles. The zero-order valence-corrected chi connectivity index (χ0v) is 21.9. The van der Waals surface area contributed by atoms with Crippen molar-refractivity contribution < 1.29 is 54.1 Å². The van der Waals surface area contributed by atoms with Crippen molar-refractivity contribution in [1.82, 2.24) is 0 Å². The number of phenolic OH excluding ortho intramolecular Hbond substituents is 2. The van der Waals surface area contributed by atoms with Gasteiger partial charge in [0, 0.05) is 48.4 Å². The number of rotatable bonds is 6. The van der Waals surface area contributed by atoms with Gasteiger partial charge in [-0.1, -0.05) is 12.1 Å². The number of aromatic hydroxyl groups is 2. The average Bonchev–Trinajstić information content (AvgIpc) is 2.91. The molecule has 0 aromatic heterocycles. The van der Waals surface area contributed by atoms with Gasteiger partial charge in [-0.15, -0.1) is 0 Å². The number of ether oxygens (including phenoxy) is 3. The van der Waals surface area contributed by atoms with Gasteiger partial charge in [0.05, 0.1) is 47.7 Å². The third-order valence-electron chi connectivity index (χ3n) is 7.92. The van der Waals surface area contributed by atoms with Crippen LogP contribution in [-0.2, 0) is 20.7 Å². The molecular weight excluding hydrogens is 526 g/mol. The van der Waals surface area contributed by atoms with E-state index in [1.807, 2.05) is 0 Å². The minimum atomic E-state index is -1.85. The van der Waals surface area contributed by atoms with Crippen LogP contribution in [0.2, 0.25) is 0 Å². The smallest absolute Gasteiger partial charge is 0.202 e. The van der Waals surface area contributed by atoms with Crippen LogP contribution in [0.4, 0.5) is 0 Å². The first-order chi connectivity index (χ1) is 18.9. The Morgan fingerprint density at radius 1 is 1.15 bits per heavy atom. The lowest BCUT2D eigenvalue weighted by molar-refractivity contribution is -0.247. The van der Waals surface area contributed by atoms with E-state index >= 15 is 0 Å². The Kier molecular flexibility index (Phi) is 7.19. The van der Waals surface area contributed by atoms with Gasteiger partial charge < -0.3 is 45.5 Å². The molecular formula is C28H31NO11. The van der Waals surface area contributed by atoms with Gasteiger partial charge >= 0.3 is 0 Å². The maximum Gasteiger partial charge on any atom is 0.202 e. The van der Waals surface area contributed by atoms with Crippen molar-refractivity contribution in [1.29, 1.82) is 0 Å². The van der Waals surface area contributed by atoms with Gasteiger partial charge in [0.15, 0.2) is 17.9 Å². The normalized spacial score (nSPS) is 29.4. The molecule has 2 aromatic rings. The number of phenols is 2. The van der Waals surface area contributed by atoms with Crippen molar-refractivity contribution in [3.05, 3.63) is 51.6 Å². The fraction of sp³-hybridized carbons (Fsp3) is 0.464. The van der Waals surface area contributed by atoms with Crippen LogP contribution in [0.25, 0.3) is 0 Å². The van der Waals surface area contributed by atoms with Crippen molar-refractivity contribution in [2.75, 3.05) is 13.7 Å². The lowest BCUT2D eigenvalue weighted by Gasteiger charge is -2.42. The number of hydrogen-bond donors (Lipinski definition) is 6. The number of Topliss-reactive ketones (excluding diaryl/α,β-unsaturated/α-hetero) is 1. The Bertz CT molecular complexity index is 1390. The molecule has 12 heteroatoms. The van der Waals surface area contributed by atoms with E-state index in [1.54, 1.807) is 6.92 Å². The third kappa shape index (κ3) is 4.46. The predicted molar refractivity (Wildman–Crippen MR) is 136 cm³/mol. The minimum Gasteiger partial charge on any atom is -0.507 e. The lowest BCUT2D eigenvalue weighted by Crippen LogP contribution is -2.52. The van der Waals surface area contributed by atoms with Gasteiger partial charge in [0.2, 0.25) is 5.78 Å². The summed E-state index contributed by atoms with van der Waals surface area (Å²) in [7, 11) is 1.33. The fourth-order valence-corrected chi connectivity index (χ4v) is 6.02. The molecule has 5 rings (SSSR count). The molecule has 2 aliphatic carbocycles. The van der Waals surface area contributed by atoms with Gasteiger partial charge in [-0.2, -0.15) is 0 Å². The molecule has 0 bridgehead atoms. The first-order valence-corrected chi connectivity index (χ1v) is 12.9. The molecule has 1 aliphatic heterocycles. The highest BCUT2D eigenvalue weighted by Gasteiger charge is 2.48. The van der Waals surface area contributed by atoms with E-state index in [0.717, 1.165) is 0 Å². The Morgan fingerprint density at radius 3 is 2.50 bits per heavy atom. The Labute approximate surface area is 228 Å². The Balaban J connectivity index is 1.67. The van der Waals surface area contributed by atoms with Crippen LogP contribution in [0.1, 0.15) is 75.3 Å². The predicted octanol–water partition coefficient (Wildman–Crippen LogP) is 0.391. The molecule has 0 radical (unpaired) electrons. The number of aliphatic hydroxyl groups is 3. The van der Waals surface area contributed by atoms with Crippen LogP contribution in [0, 0.1) is 0 Å². The lowest BCUT2D eigenvalue weighted by atomic mass is 9.71. The van der Waals surface area contributed by atoms with Crippen LogP contribution in [0.3, 0.4) is 0 Å². The van der Waals surface area contributed by atoms with Crippen molar-refractivity contribution >= 4 is 17.3 Å². The maximum atomic E-state index is 13.7. The average molecular weight is 558 g/mol. The molecule has 3 aliphatic rings. The van der Waals surface area contributed by atoms with E-state index in [9.17, 15) is 39.9 Å². The summed E-state index contributed by atoms with van der Waals surface area (Å²) in [5.74, 6) is -3.30. The fourth-order valence-electron chi connectivity index (χ4n) is 6.02. The summed E-state index contributed by atoms with van der Waals surface area (Å²) in [5, 5.41) is 53.9. The molecule has 1 saturated heterocycles. The number of nitrogens with two attached hydrogens (primary N) is 1. The molecule has 0 saturated carbocycles.